The molecule has 1 amide bonds. The van der Waals surface area contributed by atoms with Crippen LogP contribution in [0.4, 0.5) is 8.78 Å². The highest BCUT2D eigenvalue weighted by molar-refractivity contribution is 5.96. The Morgan fingerprint density at radius 3 is 2.60 bits per heavy atom. The number of amides is 1. The van der Waals surface area contributed by atoms with Crippen LogP contribution in [0.3, 0.4) is 0 Å². The zero-order valence-corrected chi connectivity index (χ0v) is 8.01. The molecule has 0 heterocycles. The maximum absolute atomic E-state index is 13.0. The Kier molecular flexibility index (Phi) is 3.49. The third kappa shape index (κ3) is 3.12. The number of carbonyl (C=O) groups is 2. The quantitative estimate of drug-likeness (QED) is 0.822. The molecule has 0 aromatic heterocycles. The van der Waals surface area contributed by atoms with Gasteiger partial charge in [-0.15, -0.1) is 0 Å². The van der Waals surface area contributed by atoms with Crippen LogP contribution >= 0.6 is 0 Å². The number of hydrogen-bond donors (Lipinski definition) is 1. The van der Waals surface area contributed by atoms with Gasteiger partial charge >= 0.3 is 0 Å². The summed E-state index contributed by atoms with van der Waals surface area (Å²) in [5.41, 5.74) is -0.406. The lowest BCUT2D eigenvalue weighted by molar-refractivity contribution is -0.116. The molecule has 1 aromatic rings. The second kappa shape index (κ2) is 4.63. The molecule has 3 nitrogen and oxygen atoms in total. The molecule has 1 aromatic carbocycles. The number of ketones is 1. The number of halogens is 2. The van der Waals surface area contributed by atoms with Gasteiger partial charge in [0.25, 0.3) is 5.91 Å². The molecule has 0 aliphatic rings. The Hall–Kier alpha value is -1.78. The van der Waals surface area contributed by atoms with E-state index < -0.39 is 23.1 Å². The van der Waals surface area contributed by atoms with Crippen molar-refractivity contribution in [2.75, 3.05) is 6.54 Å². The van der Waals surface area contributed by atoms with Crippen LogP contribution in [0, 0.1) is 11.6 Å². The standard InChI is InChI=1S/C10H9F2NO2/c1-6(14)5-13-10(15)8-4-7(11)2-3-9(8)12/h2-4H,5H2,1H3,(H,13,15). The summed E-state index contributed by atoms with van der Waals surface area (Å²) in [5.74, 6) is -2.59. The highest BCUT2D eigenvalue weighted by Crippen LogP contribution is 2.09. The Morgan fingerprint density at radius 1 is 1.33 bits per heavy atom. The lowest BCUT2D eigenvalue weighted by atomic mass is 10.2. The smallest absolute Gasteiger partial charge is 0.254 e. The summed E-state index contributed by atoms with van der Waals surface area (Å²) in [5, 5.41) is 2.17. The summed E-state index contributed by atoms with van der Waals surface area (Å²) in [7, 11) is 0. The monoisotopic (exact) mass is 213 g/mol. The fourth-order valence-corrected chi connectivity index (χ4v) is 0.971. The molecule has 5 heteroatoms. The Labute approximate surface area is 85.1 Å². The van der Waals surface area contributed by atoms with Crippen LogP contribution < -0.4 is 5.32 Å². The van der Waals surface area contributed by atoms with E-state index in [2.05, 4.69) is 5.32 Å². The summed E-state index contributed by atoms with van der Waals surface area (Å²) in [6, 6.07) is 2.56. The largest absolute Gasteiger partial charge is 0.345 e. The van der Waals surface area contributed by atoms with Gasteiger partial charge in [-0.25, -0.2) is 8.78 Å². The van der Waals surface area contributed by atoms with Gasteiger partial charge in [0.05, 0.1) is 12.1 Å². The van der Waals surface area contributed by atoms with Crippen molar-refractivity contribution in [3.05, 3.63) is 35.4 Å². The average molecular weight is 213 g/mol. The lowest BCUT2D eigenvalue weighted by Crippen LogP contribution is -2.29. The number of rotatable bonds is 3. The van der Waals surface area contributed by atoms with Crippen LogP contribution in [-0.2, 0) is 4.79 Å². The molecule has 0 saturated carbocycles. The molecule has 80 valence electrons. The molecule has 0 bridgehead atoms. The van der Waals surface area contributed by atoms with Crippen molar-refractivity contribution >= 4 is 11.7 Å². The molecular formula is C10H9F2NO2. The molecule has 0 aliphatic carbocycles. The first-order valence-corrected chi connectivity index (χ1v) is 4.23. The van der Waals surface area contributed by atoms with Gasteiger partial charge < -0.3 is 5.32 Å². The van der Waals surface area contributed by atoms with E-state index in [1.165, 1.54) is 6.92 Å². The van der Waals surface area contributed by atoms with Gasteiger partial charge in [-0.05, 0) is 25.1 Å². The van der Waals surface area contributed by atoms with Crippen LogP contribution in [0.15, 0.2) is 18.2 Å². The summed E-state index contributed by atoms with van der Waals surface area (Å²) in [4.78, 5) is 21.8. The molecule has 15 heavy (non-hydrogen) atoms. The number of Topliss-reactive ketones (excluding diaryl/α,β-unsaturated/α-hetero) is 1. The second-order valence-corrected chi connectivity index (χ2v) is 3.01. The molecule has 0 atom stereocenters. The van der Waals surface area contributed by atoms with Gasteiger partial charge in [0.1, 0.15) is 17.4 Å². The van der Waals surface area contributed by atoms with Gasteiger partial charge in [0.2, 0.25) is 0 Å². The molecule has 0 radical (unpaired) electrons. The zero-order chi connectivity index (χ0) is 11.4. The highest BCUT2D eigenvalue weighted by atomic mass is 19.1. The van der Waals surface area contributed by atoms with Gasteiger partial charge in [-0.3, -0.25) is 9.59 Å². The summed E-state index contributed by atoms with van der Waals surface area (Å²) >= 11 is 0. The number of hydrogen-bond acceptors (Lipinski definition) is 2. The normalized spacial score (nSPS) is 9.80. The van der Waals surface area contributed by atoms with Crippen LogP contribution in [0.25, 0.3) is 0 Å². The molecule has 0 aliphatic heterocycles. The maximum atomic E-state index is 13.0. The predicted molar refractivity (Wildman–Crippen MR) is 49.4 cm³/mol. The molecule has 1 N–H and O–H groups in total. The Morgan fingerprint density at radius 2 is 2.00 bits per heavy atom. The molecule has 0 unspecified atom stereocenters. The van der Waals surface area contributed by atoms with Gasteiger partial charge in [0.15, 0.2) is 0 Å². The number of nitrogens with one attached hydrogen (secondary N) is 1. The minimum atomic E-state index is -0.822. The van der Waals surface area contributed by atoms with E-state index >= 15 is 0 Å². The minimum absolute atomic E-state index is 0.200. The van der Waals surface area contributed by atoms with E-state index in [0.717, 1.165) is 18.2 Å². The first-order chi connectivity index (χ1) is 7.00. The van der Waals surface area contributed by atoms with E-state index in [9.17, 15) is 18.4 Å². The van der Waals surface area contributed by atoms with E-state index in [1.54, 1.807) is 0 Å². The number of benzene rings is 1. The Balaban J connectivity index is 2.81. The van der Waals surface area contributed by atoms with Crippen molar-refractivity contribution in [1.82, 2.24) is 5.32 Å². The van der Waals surface area contributed by atoms with Crippen LogP contribution in [-0.4, -0.2) is 18.2 Å². The van der Waals surface area contributed by atoms with Crippen molar-refractivity contribution in [3.63, 3.8) is 0 Å². The van der Waals surface area contributed by atoms with Crippen molar-refractivity contribution in [3.8, 4) is 0 Å². The van der Waals surface area contributed by atoms with Crippen LogP contribution in [0.5, 0.6) is 0 Å². The zero-order valence-electron chi connectivity index (χ0n) is 8.01. The third-order valence-corrected chi connectivity index (χ3v) is 1.67. The van der Waals surface area contributed by atoms with Crippen LogP contribution in [0.2, 0.25) is 0 Å². The fourth-order valence-electron chi connectivity index (χ4n) is 0.971. The summed E-state index contributed by atoms with van der Waals surface area (Å²) < 4.78 is 25.7. The maximum Gasteiger partial charge on any atom is 0.254 e. The van der Waals surface area contributed by atoms with Crippen molar-refractivity contribution < 1.29 is 18.4 Å². The molecule has 0 spiro atoms. The highest BCUT2D eigenvalue weighted by Gasteiger charge is 2.12. The van der Waals surface area contributed by atoms with Crippen LogP contribution in [0.1, 0.15) is 17.3 Å². The van der Waals surface area contributed by atoms with Gasteiger partial charge in [-0.1, -0.05) is 0 Å². The second-order valence-electron chi connectivity index (χ2n) is 3.01. The van der Waals surface area contributed by atoms with Gasteiger partial charge in [0, 0.05) is 0 Å². The fraction of sp³-hybridized carbons (Fsp3) is 0.200. The first kappa shape index (κ1) is 11.3. The van der Waals surface area contributed by atoms with Crippen molar-refractivity contribution in [1.29, 1.82) is 0 Å². The third-order valence-electron chi connectivity index (χ3n) is 1.67. The SMILES string of the molecule is CC(=O)CNC(=O)c1cc(F)ccc1F. The molecule has 0 saturated heterocycles. The average Bonchev–Trinajstić information content (AvgIpc) is 2.18. The first-order valence-electron chi connectivity index (χ1n) is 4.23. The minimum Gasteiger partial charge on any atom is -0.345 e. The Bertz CT molecular complexity index is 404. The predicted octanol–water partition coefficient (Wildman–Crippen LogP) is 1.28. The lowest BCUT2D eigenvalue weighted by Gasteiger charge is -2.03. The van der Waals surface area contributed by atoms with E-state index in [0.29, 0.717) is 0 Å². The molecule has 0 fully saturated rings. The van der Waals surface area contributed by atoms with Crippen molar-refractivity contribution in [2.45, 2.75) is 6.92 Å². The number of carbonyl (C=O) groups excluding carboxylic acids is 2. The molecular weight excluding hydrogens is 204 g/mol. The summed E-state index contributed by atoms with van der Waals surface area (Å²) in [6.07, 6.45) is 0. The van der Waals surface area contributed by atoms with E-state index in [4.69, 9.17) is 0 Å². The van der Waals surface area contributed by atoms with E-state index in [-0.39, 0.29) is 12.3 Å². The van der Waals surface area contributed by atoms with Crippen molar-refractivity contribution in [2.24, 2.45) is 0 Å². The van der Waals surface area contributed by atoms with E-state index in [1.807, 2.05) is 0 Å². The molecule has 1 rings (SSSR count). The van der Waals surface area contributed by atoms with Gasteiger partial charge in [-0.2, -0.15) is 0 Å². The summed E-state index contributed by atoms with van der Waals surface area (Å²) in [6.45, 7) is 1.08. The topological polar surface area (TPSA) is 46.2 Å².